The van der Waals surface area contributed by atoms with E-state index in [1.165, 1.54) is 18.4 Å². The molecule has 0 atom stereocenters. The highest BCUT2D eigenvalue weighted by atomic mass is 16.5. The van der Waals surface area contributed by atoms with Crippen LogP contribution < -0.4 is 10.2 Å². The summed E-state index contributed by atoms with van der Waals surface area (Å²) in [5.74, 6) is 1.78. The molecule has 1 spiro atoms. The van der Waals surface area contributed by atoms with Crippen molar-refractivity contribution in [1.29, 1.82) is 0 Å². The molecule has 0 unspecified atom stereocenters. The molecule has 0 aromatic carbocycles. The lowest BCUT2D eigenvalue weighted by molar-refractivity contribution is -0.0184. The van der Waals surface area contributed by atoms with Crippen LogP contribution in [0.15, 0.2) is 18.3 Å². The second-order valence-electron chi connectivity index (χ2n) is 5.80. The number of pyridine rings is 1. The summed E-state index contributed by atoms with van der Waals surface area (Å²) in [7, 11) is 0. The fraction of sp³-hybridized carbons (Fsp3) is 0.643. The molecule has 1 aromatic rings. The van der Waals surface area contributed by atoms with Crippen LogP contribution in [0.1, 0.15) is 24.3 Å². The predicted molar refractivity (Wildman–Crippen MR) is 70.0 cm³/mol. The van der Waals surface area contributed by atoms with E-state index in [0.717, 1.165) is 38.6 Å². The normalized spacial score (nSPS) is 26.1. The summed E-state index contributed by atoms with van der Waals surface area (Å²) >= 11 is 0. The molecule has 0 radical (unpaired) electrons. The van der Waals surface area contributed by atoms with Gasteiger partial charge in [0, 0.05) is 31.8 Å². The van der Waals surface area contributed by atoms with E-state index in [0.29, 0.717) is 5.92 Å². The number of aromatic nitrogens is 1. The van der Waals surface area contributed by atoms with E-state index in [1.807, 2.05) is 6.20 Å². The van der Waals surface area contributed by atoms with Crippen molar-refractivity contribution >= 4 is 5.82 Å². The van der Waals surface area contributed by atoms with E-state index >= 15 is 0 Å². The van der Waals surface area contributed by atoms with Crippen LogP contribution in [0.3, 0.4) is 0 Å². The summed E-state index contributed by atoms with van der Waals surface area (Å²) < 4.78 is 5.84. The number of ether oxygens (including phenoxy) is 1. The van der Waals surface area contributed by atoms with E-state index in [1.54, 1.807) is 0 Å². The molecule has 3 aliphatic rings. The van der Waals surface area contributed by atoms with Crippen LogP contribution in [0.5, 0.6) is 0 Å². The van der Waals surface area contributed by atoms with Crippen molar-refractivity contribution in [3.05, 3.63) is 23.9 Å². The lowest BCUT2D eigenvalue weighted by Crippen LogP contribution is -2.61. The fourth-order valence-corrected chi connectivity index (χ4v) is 3.17. The molecule has 18 heavy (non-hydrogen) atoms. The smallest absolute Gasteiger partial charge is 0.128 e. The van der Waals surface area contributed by atoms with Gasteiger partial charge in [0.05, 0.1) is 13.1 Å². The number of anilines is 1. The molecule has 0 saturated carbocycles. The molecular weight excluding hydrogens is 226 g/mol. The second-order valence-corrected chi connectivity index (χ2v) is 5.80. The molecule has 1 N–H and O–H groups in total. The summed E-state index contributed by atoms with van der Waals surface area (Å²) in [4.78, 5) is 6.93. The average Bonchev–Trinajstić information content (AvgIpc) is 2.75. The van der Waals surface area contributed by atoms with Gasteiger partial charge in [0.25, 0.3) is 0 Å². The molecule has 0 bridgehead atoms. The zero-order valence-corrected chi connectivity index (χ0v) is 10.6. The molecule has 3 fully saturated rings. The van der Waals surface area contributed by atoms with Crippen LogP contribution in [0.2, 0.25) is 0 Å². The van der Waals surface area contributed by atoms with Crippen molar-refractivity contribution in [3.63, 3.8) is 0 Å². The summed E-state index contributed by atoms with van der Waals surface area (Å²) in [6, 6.07) is 4.39. The number of hydrogen-bond donors (Lipinski definition) is 1. The Morgan fingerprint density at radius 2 is 2.22 bits per heavy atom. The standard InChI is InChI=1S/C14H19N3O/c1-4-14(18-5-1)9-17(10-14)13-3-2-11(8-16-13)12-6-15-7-12/h2-3,8,12,15H,1,4-7,9-10H2. The topological polar surface area (TPSA) is 37.4 Å². The molecule has 3 aliphatic heterocycles. The summed E-state index contributed by atoms with van der Waals surface area (Å²) in [5.41, 5.74) is 1.53. The largest absolute Gasteiger partial charge is 0.371 e. The molecule has 0 aliphatic carbocycles. The maximum absolute atomic E-state index is 5.84. The maximum Gasteiger partial charge on any atom is 0.128 e. The molecule has 4 rings (SSSR count). The van der Waals surface area contributed by atoms with Crippen LogP contribution in [0.4, 0.5) is 5.82 Å². The van der Waals surface area contributed by atoms with E-state index in [-0.39, 0.29) is 5.60 Å². The molecule has 1 aromatic heterocycles. The van der Waals surface area contributed by atoms with Gasteiger partial charge in [-0.25, -0.2) is 4.98 Å². The molecule has 4 heterocycles. The first-order valence-corrected chi connectivity index (χ1v) is 6.90. The lowest BCUT2D eigenvalue weighted by Gasteiger charge is -2.47. The van der Waals surface area contributed by atoms with Gasteiger partial charge in [0.15, 0.2) is 0 Å². The van der Waals surface area contributed by atoms with Gasteiger partial charge in [0.2, 0.25) is 0 Å². The van der Waals surface area contributed by atoms with Crippen molar-refractivity contribution in [3.8, 4) is 0 Å². The first-order valence-electron chi connectivity index (χ1n) is 6.90. The number of nitrogens with zero attached hydrogens (tertiary/aromatic N) is 2. The van der Waals surface area contributed by atoms with Gasteiger partial charge in [-0.05, 0) is 24.5 Å². The minimum atomic E-state index is 0.165. The molecule has 3 saturated heterocycles. The third-order valence-corrected chi connectivity index (χ3v) is 4.49. The molecule has 4 nitrogen and oxygen atoms in total. The first kappa shape index (κ1) is 10.8. The fourth-order valence-electron chi connectivity index (χ4n) is 3.17. The summed E-state index contributed by atoms with van der Waals surface area (Å²) in [6.45, 7) is 5.17. The van der Waals surface area contributed by atoms with E-state index in [2.05, 4.69) is 27.3 Å². The van der Waals surface area contributed by atoms with Crippen LogP contribution in [0, 0.1) is 0 Å². The Hall–Kier alpha value is -1.13. The van der Waals surface area contributed by atoms with Crippen molar-refractivity contribution < 1.29 is 4.74 Å². The third-order valence-electron chi connectivity index (χ3n) is 4.49. The zero-order chi connectivity index (χ0) is 12.0. The Morgan fingerprint density at radius 1 is 1.33 bits per heavy atom. The van der Waals surface area contributed by atoms with Crippen LogP contribution in [0.25, 0.3) is 0 Å². The van der Waals surface area contributed by atoms with Crippen molar-refractivity contribution in [2.75, 3.05) is 37.7 Å². The summed E-state index contributed by atoms with van der Waals surface area (Å²) in [5, 5.41) is 3.30. The van der Waals surface area contributed by atoms with Crippen LogP contribution in [-0.4, -0.2) is 43.4 Å². The Labute approximate surface area is 107 Å². The molecule has 4 heteroatoms. The maximum atomic E-state index is 5.84. The predicted octanol–water partition coefficient (Wildman–Crippen LogP) is 1.14. The highest BCUT2D eigenvalue weighted by Crippen LogP contribution is 2.37. The third kappa shape index (κ3) is 1.63. The SMILES string of the molecule is c1cc(N2CC3(CCCO3)C2)ncc1C1CNC1. The highest BCUT2D eigenvalue weighted by Gasteiger charge is 2.46. The van der Waals surface area contributed by atoms with Crippen molar-refractivity contribution in [2.45, 2.75) is 24.4 Å². The number of nitrogens with one attached hydrogen (secondary N) is 1. The Kier molecular flexibility index (Phi) is 2.35. The second kappa shape index (κ2) is 3.93. The first-order chi connectivity index (χ1) is 8.85. The van der Waals surface area contributed by atoms with E-state index in [9.17, 15) is 0 Å². The number of hydrogen-bond acceptors (Lipinski definition) is 4. The van der Waals surface area contributed by atoms with Gasteiger partial charge in [-0.3, -0.25) is 0 Å². The Morgan fingerprint density at radius 3 is 2.78 bits per heavy atom. The average molecular weight is 245 g/mol. The minimum absolute atomic E-state index is 0.165. The summed E-state index contributed by atoms with van der Waals surface area (Å²) in [6.07, 6.45) is 4.48. The van der Waals surface area contributed by atoms with Crippen molar-refractivity contribution in [2.24, 2.45) is 0 Å². The quantitative estimate of drug-likeness (QED) is 0.848. The van der Waals surface area contributed by atoms with Gasteiger partial charge in [-0.2, -0.15) is 0 Å². The molecule has 0 amide bonds. The lowest BCUT2D eigenvalue weighted by atomic mass is 9.90. The minimum Gasteiger partial charge on any atom is -0.371 e. The van der Waals surface area contributed by atoms with Gasteiger partial charge in [-0.1, -0.05) is 6.07 Å². The Bertz CT molecular complexity index is 427. The number of rotatable bonds is 2. The van der Waals surface area contributed by atoms with Crippen molar-refractivity contribution in [1.82, 2.24) is 10.3 Å². The van der Waals surface area contributed by atoms with E-state index in [4.69, 9.17) is 4.74 Å². The highest BCUT2D eigenvalue weighted by molar-refractivity contribution is 5.45. The Balaban J connectivity index is 1.43. The molecular formula is C14H19N3O. The monoisotopic (exact) mass is 245 g/mol. The van der Waals surface area contributed by atoms with Gasteiger partial charge < -0.3 is 15.0 Å². The van der Waals surface area contributed by atoms with Gasteiger partial charge in [-0.15, -0.1) is 0 Å². The van der Waals surface area contributed by atoms with Gasteiger partial charge in [0.1, 0.15) is 11.4 Å². The van der Waals surface area contributed by atoms with Crippen LogP contribution >= 0.6 is 0 Å². The van der Waals surface area contributed by atoms with E-state index < -0.39 is 0 Å². The zero-order valence-electron chi connectivity index (χ0n) is 10.6. The van der Waals surface area contributed by atoms with Crippen LogP contribution in [-0.2, 0) is 4.74 Å². The molecule has 96 valence electrons. The van der Waals surface area contributed by atoms with Gasteiger partial charge >= 0.3 is 0 Å².